The summed E-state index contributed by atoms with van der Waals surface area (Å²) in [6, 6.07) is 10.6. The molecule has 0 aliphatic rings. The molecule has 98 valence electrons. The van der Waals surface area contributed by atoms with E-state index < -0.39 is 5.97 Å². The predicted octanol–water partition coefficient (Wildman–Crippen LogP) is 2.45. The summed E-state index contributed by atoms with van der Waals surface area (Å²) in [6.07, 6.45) is 0. The first kappa shape index (κ1) is 13.4. The Balaban J connectivity index is 2.09. The number of carbonyl (C=O) groups is 1. The van der Waals surface area contributed by atoms with E-state index in [2.05, 4.69) is 5.32 Å². The Morgan fingerprint density at radius 1 is 1.21 bits per heavy atom. The van der Waals surface area contributed by atoms with Gasteiger partial charge in [-0.05, 0) is 35.9 Å². The summed E-state index contributed by atoms with van der Waals surface area (Å²) < 4.78 is 12.7. The van der Waals surface area contributed by atoms with Crippen LogP contribution in [0.5, 0.6) is 0 Å². The van der Waals surface area contributed by atoms with E-state index in [1.165, 1.54) is 24.3 Å². The zero-order valence-electron chi connectivity index (χ0n) is 9.82. The maximum Gasteiger partial charge on any atom is 0.123 e. The van der Waals surface area contributed by atoms with Gasteiger partial charge >= 0.3 is 0 Å². The van der Waals surface area contributed by atoms with Gasteiger partial charge in [0.25, 0.3) is 0 Å². The van der Waals surface area contributed by atoms with Gasteiger partial charge in [-0.2, -0.15) is 0 Å². The smallest absolute Gasteiger partial charge is 0.123 e. The molecule has 0 aliphatic heterocycles. The molecule has 0 radical (unpaired) electrons. The summed E-state index contributed by atoms with van der Waals surface area (Å²) in [5.41, 5.74) is 1.42. The quantitative estimate of drug-likeness (QED) is 0.935. The van der Waals surface area contributed by atoms with E-state index >= 15 is 0 Å². The molecule has 3 nitrogen and oxygen atoms in total. The average molecular weight is 279 g/mol. The van der Waals surface area contributed by atoms with Gasteiger partial charge in [-0.25, -0.2) is 4.39 Å². The number of halogens is 2. The van der Waals surface area contributed by atoms with Crippen molar-refractivity contribution in [3.63, 3.8) is 0 Å². The Morgan fingerprint density at radius 3 is 2.53 bits per heavy atom. The van der Waals surface area contributed by atoms with E-state index in [1.54, 1.807) is 18.2 Å². The van der Waals surface area contributed by atoms with Gasteiger partial charge in [0.05, 0.1) is 5.97 Å². The van der Waals surface area contributed by atoms with Crippen LogP contribution in [0.1, 0.15) is 15.9 Å². The molecule has 0 unspecified atom stereocenters. The molecule has 0 bridgehead atoms. The van der Waals surface area contributed by atoms with Crippen LogP contribution in [-0.4, -0.2) is 5.97 Å². The van der Waals surface area contributed by atoms with Gasteiger partial charge in [0.15, 0.2) is 0 Å². The van der Waals surface area contributed by atoms with Crippen molar-refractivity contribution in [2.75, 3.05) is 5.32 Å². The van der Waals surface area contributed by atoms with E-state index in [0.29, 0.717) is 12.2 Å². The lowest BCUT2D eigenvalue weighted by Crippen LogP contribution is -2.22. The number of nitrogens with one attached hydrogen (secondary N) is 1. The van der Waals surface area contributed by atoms with Crippen LogP contribution in [0.2, 0.25) is 5.02 Å². The Bertz CT molecular complexity index is 599. The van der Waals surface area contributed by atoms with Crippen LogP contribution in [-0.2, 0) is 6.54 Å². The zero-order chi connectivity index (χ0) is 13.8. The minimum atomic E-state index is -1.32. The van der Waals surface area contributed by atoms with Crippen molar-refractivity contribution in [3.8, 4) is 0 Å². The van der Waals surface area contributed by atoms with Crippen molar-refractivity contribution in [2.45, 2.75) is 6.54 Å². The zero-order valence-corrected chi connectivity index (χ0v) is 10.6. The molecule has 0 amide bonds. The summed E-state index contributed by atoms with van der Waals surface area (Å²) in [5.74, 6) is -1.62. The van der Waals surface area contributed by atoms with Gasteiger partial charge < -0.3 is 15.2 Å². The molecule has 0 atom stereocenters. The summed E-state index contributed by atoms with van der Waals surface area (Å²) in [4.78, 5) is 10.8. The van der Waals surface area contributed by atoms with E-state index in [9.17, 15) is 14.3 Å². The highest BCUT2D eigenvalue weighted by Crippen LogP contribution is 2.20. The third kappa shape index (κ3) is 3.45. The summed E-state index contributed by atoms with van der Waals surface area (Å²) in [6.45, 7) is 0.453. The van der Waals surface area contributed by atoms with Crippen LogP contribution in [0.3, 0.4) is 0 Å². The Hall–Kier alpha value is -2.07. The minimum Gasteiger partial charge on any atom is -0.545 e. The number of carbonyl (C=O) groups excluding carboxylic acids is 1. The lowest BCUT2D eigenvalue weighted by atomic mass is 10.2. The molecule has 0 heterocycles. The highest BCUT2D eigenvalue weighted by molar-refractivity contribution is 6.33. The standard InChI is InChI=1S/C14H11ClFNO2/c15-13-6-5-11(7-12(13)14(18)19)17-8-9-1-3-10(16)4-2-9/h1-7,17H,8H2,(H,18,19)/p-1. The summed E-state index contributed by atoms with van der Waals surface area (Å²) in [5, 5.41) is 14.0. The molecule has 0 aromatic heterocycles. The molecule has 0 saturated heterocycles. The van der Waals surface area contributed by atoms with Gasteiger partial charge in [0, 0.05) is 22.8 Å². The van der Waals surface area contributed by atoms with Crippen LogP contribution >= 0.6 is 11.6 Å². The third-order valence-electron chi connectivity index (χ3n) is 2.60. The van der Waals surface area contributed by atoms with Crippen LogP contribution in [0.4, 0.5) is 10.1 Å². The van der Waals surface area contributed by atoms with Gasteiger partial charge in [0.2, 0.25) is 0 Å². The van der Waals surface area contributed by atoms with Gasteiger partial charge in [-0.15, -0.1) is 0 Å². The van der Waals surface area contributed by atoms with Crippen LogP contribution in [0.25, 0.3) is 0 Å². The number of hydrogen-bond acceptors (Lipinski definition) is 3. The molecular formula is C14H10ClFNO2-. The lowest BCUT2D eigenvalue weighted by Gasteiger charge is -2.10. The summed E-state index contributed by atoms with van der Waals surface area (Å²) >= 11 is 5.74. The fourth-order valence-electron chi connectivity index (χ4n) is 1.60. The van der Waals surface area contributed by atoms with E-state index in [-0.39, 0.29) is 16.4 Å². The number of benzene rings is 2. The fraction of sp³-hybridized carbons (Fsp3) is 0.0714. The normalized spacial score (nSPS) is 10.2. The molecule has 2 aromatic carbocycles. The molecule has 0 saturated carbocycles. The molecule has 2 rings (SSSR count). The summed E-state index contributed by atoms with van der Waals surface area (Å²) in [7, 11) is 0. The topological polar surface area (TPSA) is 52.2 Å². The van der Waals surface area contributed by atoms with Crippen LogP contribution in [0, 0.1) is 5.82 Å². The van der Waals surface area contributed by atoms with Crippen molar-refractivity contribution in [3.05, 3.63) is 64.4 Å². The minimum absolute atomic E-state index is 0.0641. The molecule has 1 N–H and O–H groups in total. The number of anilines is 1. The van der Waals surface area contributed by atoms with Crippen molar-refractivity contribution in [1.82, 2.24) is 0 Å². The number of carboxylic acid groups (broad SMARTS) is 1. The molecule has 19 heavy (non-hydrogen) atoms. The second kappa shape index (κ2) is 5.71. The second-order valence-electron chi connectivity index (χ2n) is 3.96. The molecule has 2 aromatic rings. The number of hydrogen-bond donors (Lipinski definition) is 1. The first-order chi connectivity index (χ1) is 9.06. The van der Waals surface area contributed by atoms with Gasteiger partial charge in [0.1, 0.15) is 5.82 Å². The third-order valence-corrected chi connectivity index (χ3v) is 2.93. The lowest BCUT2D eigenvalue weighted by molar-refractivity contribution is -0.255. The first-order valence-electron chi connectivity index (χ1n) is 5.55. The highest BCUT2D eigenvalue weighted by Gasteiger charge is 2.03. The second-order valence-corrected chi connectivity index (χ2v) is 4.37. The van der Waals surface area contributed by atoms with Crippen molar-refractivity contribution in [1.29, 1.82) is 0 Å². The van der Waals surface area contributed by atoms with Crippen molar-refractivity contribution in [2.24, 2.45) is 0 Å². The van der Waals surface area contributed by atoms with Gasteiger partial charge in [-0.3, -0.25) is 0 Å². The largest absolute Gasteiger partial charge is 0.545 e. The highest BCUT2D eigenvalue weighted by atomic mass is 35.5. The Morgan fingerprint density at radius 2 is 1.89 bits per heavy atom. The number of carboxylic acids is 1. The molecular weight excluding hydrogens is 269 g/mol. The SMILES string of the molecule is O=C([O-])c1cc(NCc2ccc(F)cc2)ccc1Cl. The van der Waals surface area contributed by atoms with Crippen molar-refractivity contribution < 1.29 is 14.3 Å². The van der Waals surface area contributed by atoms with Crippen LogP contribution in [0.15, 0.2) is 42.5 Å². The van der Waals surface area contributed by atoms with E-state index in [0.717, 1.165) is 5.56 Å². The molecule has 0 spiro atoms. The average Bonchev–Trinajstić information content (AvgIpc) is 2.39. The fourth-order valence-corrected chi connectivity index (χ4v) is 1.79. The molecule has 0 fully saturated rings. The maximum atomic E-state index is 12.7. The first-order valence-corrected chi connectivity index (χ1v) is 5.93. The van der Waals surface area contributed by atoms with Crippen molar-refractivity contribution >= 4 is 23.3 Å². The molecule has 0 aliphatic carbocycles. The maximum absolute atomic E-state index is 12.7. The predicted molar refractivity (Wildman–Crippen MR) is 69.5 cm³/mol. The van der Waals surface area contributed by atoms with E-state index in [4.69, 9.17) is 11.6 Å². The monoisotopic (exact) mass is 278 g/mol. The number of aromatic carboxylic acids is 1. The Labute approximate surface area is 114 Å². The van der Waals surface area contributed by atoms with E-state index in [1.807, 2.05) is 0 Å². The Kier molecular flexibility index (Phi) is 4.02. The van der Waals surface area contributed by atoms with Crippen LogP contribution < -0.4 is 10.4 Å². The van der Waals surface area contributed by atoms with Gasteiger partial charge in [-0.1, -0.05) is 23.7 Å². The number of rotatable bonds is 4. The molecule has 5 heteroatoms.